The van der Waals surface area contributed by atoms with E-state index in [4.69, 9.17) is 9.47 Å². The number of nitrogens with zero attached hydrogens (tertiary/aromatic N) is 2. The second-order valence-corrected chi connectivity index (χ2v) is 8.11. The van der Waals surface area contributed by atoms with Crippen molar-refractivity contribution in [1.82, 2.24) is 15.1 Å². The number of para-hydroxylation sites is 1. The van der Waals surface area contributed by atoms with Gasteiger partial charge in [-0.1, -0.05) is 18.2 Å². The van der Waals surface area contributed by atoms with Gasteiger partial charge in [0.05, 0.1) is 17.7 Å². The van der Waals surface area contributed by atoms with Crippen LogP contribution in [0.25, 0.3) is 0 Å². The Morgan fingerprint density at radius 1 is 1.00 bits per heavy atom. The van der Waals surface area contributed by atoms with Gasteiger partial charge in [-0.25, -0.2) is 0 Å². The fourth-order valence-corrected chi connectivity index (χ4v) is 4.21. The van der Waals surface area contributed by atoms with Crippen LogP contribution in [-0.2, 0) is 16.1 Å². The van der Waals surface area contributed by atoms with E-state index in [1.165, 1.54) is 0 Å². The molecule has 32 heavy (non-hydrogen) atoms. The minimum absolute atomic E-state index is 0.0618. The zero-order valence-electron chi connectivity index (χ0n) is 17.5. The van der Waals surface area contributed by atoms with Crippen LogP contribution in [0.2, 0.25) is 0 Å². The molecule has 9 nitrogen and oxygen atoms in total. The Hall–Kier alpha value is -3.59. The highest BCUT2D eigenvalue weighted by atomic mass is 16.7. The van der Waals surface area contributed by atoms with Gasteiger partial charge in [-0.15, -0.1) is 0 Å². The molecule has 3 heterocycles. The first-order chi connectivity index (χ1) is 15.6. The Bertz CT molecular complexity index is 1060. The molecular weight excluding hydrogens is 412 g/mol. The van der Waals surface area contributed by atoms with Gasteiger partial charge in [-0.2, -0.15) is 0 Å². The van der Waals surface area contributed by atoms with Crippen LogP contribution in [-0.4, -0.2) is 66.5 Å². The van der Waals surface area contributed by atoms with E-state index in [0.29, 0.717) is 24.3 Å². The minimum atomic E-state index is -0.894. The molecule has 3 aliphatic rings. The molecule has 0 aliphatic carbocycles. The van der Waals surface area contributed by atoms with Crippen molar-refractivity contribution in [2.24, 2.45) is 0 Å². The van der Waals surface area contributed by atoms with Crippen molar-refractivity contribution in [3.63, 3.8) is 0 Å². The molecule has 1 saturated heterocycles. The maximum Gasteiger partial charge on any atom is 0.254 e. The summed E-state index contributed by atoms with van der Waals surface area (Å²) in [5.41, 5.74) is 1.99. The highest BCUT2D eigenvalue weighted by Gasteiger charge is 2.31. The van der Waals surface area contributed by atoms with Crippen LogP contribution in [0.5, 0.6) is 11.5 Å². The van der Waals surface area contributed by atoms with E-state index < -0.39 is 6.04 Å². The second kappa shape index (κ2) is 8.51. The van der Waals surface area contributed by atoms with Crippen molar-refractivity contribution in [2.75, 3.05) is 38.3 Å². The molecular formula is C23H24N4O5. The van der Waals surface area contributed by atoms with Gasteiger partial charge in [0.25, 0.3) is 5.91 Å². The summed E-state index contributed by atoms with van der Waals surface area (Å²) in [6, 6.07) is 11.9. The molecule has 0 radical (unpaired) electrons. The number of fused-ring (bicyclic) bond motifs is 2. The quantitative estimate of drug-likeness (QED) is 0.747. The highest BCUT2D eigenvalue weighted by Crippen LogP contribution is 2.32. The van der Waals surface area contributed by atoms with E-state index in [2.05, 4.69) is 15.5 Å². The van der Waals surface area contributed by atoms with Gasteiger partial charge in [-0.3, -0.25) is 19.3 Å². The molecule has 166 valence electrons. The number of hydrogen-bond acceptors (Lipinski definition) is 6. The van der Waals surface area contributed by atoms with Crippen LogP contribution < -0.4 is 20.1 Å². The SMILES string of the molecule is O=C1N[C@H](CC(=O)N2CCN(Cc3ccc4c(c3)OCO4)CC2)C(=O)Nc2ccccc21. The first-order valence-electron chi connectivity index (χ1n) is 10.7. The summed E-state index contributed by atoms with van der Waals surface area (Å²) in [7, 11) is 0. The van der Waals surface area contributed by atoms with Gasteiger partial charge in [-0.05, 0) is 29.8 Å². The van der Waals surface area contributed by atoms with Crippen LogP contribution in [0.3, 0.4) is 0 Å². The van der Waals surface area contributed by atoms with Gasteiger partial charge in [0, 0.05) is 32.7 Å². The third-order valence-electron chi connectivity index (χ3n) is 6.00. The molecule has 0 aromatic heterocycles. The first kappa shape index (κ1) is 20.3. The van der Waals surface area contributed by atoms with Gasteiger partial charge < -0.3 is 25.0 Å². The van der Waals surface area contributed by atoms with E-state index in [0.717, 1.165) is 36.7 Å². The molecule has 2 N–H and O–H groups in total. The summed E-state index contributed by atoms with van der Waals surface area (Å²) < 4.78 is 10.8. The molecule has 1 fully saturated rings. The predicted octanol–water partition coefficient (Wildman–Crippen LogP) is 1.20. The number of carbonyl (C=O) groups excluding carboxylic acids is 3. The van der Waals surface area contributed by atoms with Crippen molar-refractivity contribution in [1.29, 1.82) is 0 Å². The third-order valence-corrected chi connectivity index (χ3v) is 6.00. The molecule has 3 aliphatic heterocycles. The van der Waals surface area contributed by atoms with Gasteiger partial charge in [0.1, 0.15) is 6.04 Å². The number of piperazine rings is 1. The summed E-state index contributed by atoms with van der Waals surface area (Å²) in [5, 5.41) is 5.43. The monoisotopic (exact) mass is 436 g/mol. The van der Waals surface area contributed by atoms with E-state index in [-0.39, 0.29) is 30.9 Å². The topological polar surface area (TPSA) is 100 Å². The molecule has 2 aromatic rings. The summed E-state index contributed by atoms with van der Waals surface area (Å²) in [6.07, 6.45) is -0.0618. The third kappa shape index (κ3) is 4.11. The lowest BCUT2D eigenvalue weighted by Gasteiger charge is -2.35. The molecule has 0 saturated carbocycles. The number of anilines is 1. The molecule has 5 rings (SSSR count). The van der Waals surface area contributed by atoms with E-state index in [1.807, 2.05) is 18.2 Å². The Morgan fingerprint density at radius 3 is 2.62 bits per heavy atom. The van der Waals surface area contributed by atoms with Crippen molar-refractivity contribution < 1.29 is 23.9 Å². The smallest absolute Gasteiger partial charge is 0.254 e. The summed E-state index contributed by atoms with van der Waals surface area (Å²) in [4.78, 5) is 41.9. The first-order valence-corrected chi connectivity index (χ1v) is 10.7. The van der Waals surface area contributed by atoms with Crippen molar-refractivity contribution in [3.8, 4) is 11.5 Å². The van der Waals surface area contributed by atoms with E-state index in [9.17, 15) is 14.4 Å². The number of rotatable bonds is 4. The Morgan fingerprint density at radius 2 is 1.78 bits per heavy atom. The average Bonchev–Trinajstić information content (AvgIpc) is 3.23. The zero-order valence-corrected chi connectivity index (χ0v) is 17.5. The lowest BCUT2D eigenvalue weighted by molar-refractivity contribution is -0.135. The average molecular weight is 436 g/mol. The van der Waals surface area contributed by atoms with Gasteiger partial charge in [0.15, 0.2) is 11.5 Å². The number of benzene rings is 2. The number of hydrogen-bond donors (Lipinski definition) is 2. The predicted molar refractivity (Wildman–Crippen MR) is 115 cm³/mol. The Labute approximate surface area is 185 Å². The lowest BCUT2D eigenvalue weighted by atomic mass is 10.1. The van der Waals surface area contributed by atoms with Crippen LogP contribution >= 0.6 is 0 Å². The number of amides is 3. The normalized spacial score (nSPS) is 20.2. The Kier molecular flexibility index (Phi) is 5.40. The Balaban J connectivity index is 1.15. The van der Waals surface area contributed by atoms with Gasteiger partial charge >= 0.3 is 0 Å². The molecule has 0 unspecified atom stereocenters. The zero-order chi connectivity index (χ0) is 22.1. The van der Waals surface area contributed by atoms with Crippen LogP contribution in [0.1, 0.15) is 22.3 Å². The largest absolute Gasteiger partial charge is 0.454 e. The van der Waals surface area contributed by atoms with Crippen LogP contribution in [0, 0.1) is 0 Å². The lowest BCUT2D eigenvalue weighted by Crippen LogP contribution is -2.51. The maximum atomic E-state index is 12.8. The second-order valence-electron chi connectivity index (χ2n) is 8.11. The van der Waals surface area contributed by atoms with Crippen molar-refractivity contribution in [3.05, 3.63) is 53.6 Å². The molecule has 9 heteroatoms. The fraction of sp³-hybridized carbons (Fsp3) is 0.348. The maximum absolute atomic E-state index is 12.8. The number of nitrogens with one attached hydrogen (secondary N) is 2. The molecule has 3 amide bonds. The van der Waals surface area contributed by atoms with E-state index >= 15 is 0 Å². The standard InChI is InChI=1S/C23H24N4O5/c28-21(12-18-23(30)24-17-4-2-1-3-16(17)22(29)25-18)27-9-7-26(8-10-27)13-15-5-6-19-20(11-15)32-14-31-19/h1-6,11,18H,7-10,12-14H2,(H,24,30)(H,25,29)/t18-/m1/s1. The molecule has 1 atom stereocenters. The summed E-state index contributed by atoms with van der Waals surface area (Å²) in [5.74, 6) is 0.659. The van der Waals surface area contributed by atoms with E-state index in [1.54, 1.807) is 29.2 Å². The highest BCUT2D eigenvalue weighted by molar-refractivity contribution is 6.10. The summed E-state index contributed by atoms with van der Waals surface area (Å²) >= 11 is 0. The van der Waals surface area contributed by atoms with Gasteiger partial charge in [0.2, 0.25) is 18.6 Å². The van der Waals surface area contributed by atoms with Crippen molar-refractivity contribution >= 4 is 23.4 Å². The molecule has 2 aromatic carbocycles. The number of ether oxygens (including phenoxy) is 2. The van der Waals surface area contributed by atoms with Crippen LogP contribution in [0.4, 0.5) is 5.69 Å². The summed E-state index contributed by atoms with van der Waals surface area (Å²) in [6.45, 7) is 3.63. The minimum Gasteiger partial charge on any atom is -0.454 e. The molecule has 0 bridgehead atoms. The number of carbonyl (C=O) groups is 3. The fourth-order valence-electron chi connectivity index (χ4n) is 4.21. The van der Waals surface area contributed by atoms with Crippen LogP contribution in [0.15, 0.2) is 42.5 Å². The molecule has 0 spiro atoms. The van der Waals surface area contributed by atoms with Crippen molar-refractivity contribution in [2.45, 2.75) is 19.0 Å².